The zero-order valence-corrected chi connectivity index (χ0v) is 19.4. The van der Waals surface area contributed by atoms with E-state index in [1.165, 1.54) is 6.92 Å². The summed E-state index contributed by atoms with van der Waals surface area (Å²) in [5.41, 5.74) is -7.76. The molecule has 1 atom stereocenters. The predicted molar refractivity (Wildman–Crippen MR) is 110 cm³/mol. The molecule has 7 nitrogen and oxygen atoms in total. The highest BCUT2D eigenvalue weighted by Crippen LogP contribution is 2.48. The molecular formula is C19H13Cl2F8N5O2. The predicted octanol–water partition coefficient (Wildman–Crippen LogP) is 5.60. The molecule has 17 heteroatoms. The first-order chi connectivity index (χ1) is 16.3. The van der Waals surface area contributed by atoms with Crippen LogP contribution >= 0.6 is 23.2 Å². The molecule has 1 aromatic heterocycles. The van der Waals surface area contributed by atoms with Crippen LogP contribution in [0.15, 0.2) is 18.2 Å². The minimum absolute atomic E-state index is 0.0452. The number of nitrogens with one attached hydrogen (secondary N) is 2. The highest BCUT2D eigenvalue weighted by Gasteiger charge is 2.64. The maximum Gasteiger partial charge on any atom is 0.459 e. The van der Waals surface area contributed by atoms with Gasteiger partial charge in [0.25, 0.3) is 11.8 Å². The monoisotopic (exact) mass is 565 g/mol. The number of amides is 2. The number of hydrogen-bond donors (Lipinski definition) is 2. The van der Waals surface area contributed by atoms with E-state index in [1.54, 1.807) is 6.07 Å². The second-order valence-electron chi connectivity index (χ2n) is 7.14. The Labute approximate surface area is 206 Å². The van der Waals surface area contributed by atoms with Gasteiger partial charge in [-0.2, -0.15) is 45.5 Å². The minimum atomic E-state index is -6.44. The normalized spacial score (nSPS) is 14.1. The van der Waals surface area contributed by atoms with Crippen molar-refractivity contribution in [2.75, 3.05) is 5.32 Å². The Morgan fingerprint density at radius 1 is 1.11 bits per heavy atom. The lowest BCUT2D eigenvalue weighted by Crippen LogP contribution is -2.42. The van der Waals surface area contributed by atoms with E-state index in [9.17, 15) is 44.7 Å². The number of nitriles is 1. The molecule has 0 bridgehead atoms. The zero-order valence-electron chi connectivity index (χ0n) is 17.9. The van der Waals surface area contributed by atoms with Gasteiger partial charge < -0.3 is 10.6 Å². The van der Waals surface area contributed by atoms with Crippen molar-refractivity contribution in [3.05, 3.63) is 45.7 Å². The SMILES string of the molecule is CCC(Cl)(C#N)NC(=O)c1cc(NC(=O)c2c(C(F)(F)F)c(C(F)(F)C(F)(F)F)nn2C)ccc1Cl. The second kappa shape index (κ2) is 9.74. The van der Waals surface area contributed by atoms with Crippen molar-refractivity contribution in [3.63, 3.8) is 0 Å². The fourth-order valence-corrected chi connectivity index (χ4v) is 3.11. The van der Waals surface area contributed by atoms with Crippen molar-refractivity contribution in [1.29, 1.82) is 5.26 Å². The number of aryl methyl sites for hydroxylation is 1. The van der Waals surface area contributed by atoms with E-state index in [2.05, 4.69) is 10.4 Å². The van der Waals surface area contributed by atoms with Gasteiger partial charge in [0.15, 0.2) is 5.69 Å². The first-order valence-corrected chi connectivity index (χ1v) is 10.2. The van der Waals surface area contributed by atoms with Crippen LogP contribution in [-0.4, -0.2) is 32.8 Å². The van der Waals surface area contributed by atoms with Crippen LogP contribution < -0.4 is 10.6 Å². The Balaban J connectivity index is 2.53. The number of benzene rings is 1. The van der Waals surface area contributed by atoms with E-state index in [0.717, 1.165) is 18.2 Å². The van der Waals surface area contributed by atoms with Crippen molar-refractivity contribution < 1.29 is 44.7 Å². The standard InChI is InChI=1S/C19H13Cl2F8N5O2/c1-3-16(21,7-30)32-14(35)9-6-8(4-5-10(9)20)31-15(36)12-11(18(24,25)26)13(33-34(12)2)17(22,23)19(27,28)29/h4-6H,3H2,1-2H3,(H,31,36)(H,32,35). The maximum atomic E-state index is 13.8. The average Bonchev–Trinajstić information content (AvgIpc) is 3.12. The van der Waals surface area contributed by atoms with Crippen LogP contribution in [0.3, 0.4) is 0 Å². The summed E-state index contributed by atoms with van der Waals surface area (Å²) < 4.78 is 106. The first kappa shape index (κ1) is 29.1. The Morgan fingerprint density at radius 3 is 2.17 bits per heavy atom. The van der Waals surface area contributed by atoms with E-state index in [0.29, 0.717) is 7.05 Å². The number of aromatic nitrogens is 2. The van der Waals surface area contributed by atoms with Crippen LogP contribution in [0, 0.1) is 11.3 Å². The van der Waals surface area contributed by atoms with Crippen LogP contribution in [-0.2, 0) is 19.1 Å². The summed E-state index contributed by atoms with van der Waals surface area (Å²) in [5.74, 6) is -8.82. The molecule has 0 fully saturated rings. The number of anilines is 1. The second-order valence-corrected chi connectivity index (χ2v) is 8.19. The van der Waals surface area contributed by atoms with Gasteiger partial charge in [-0.1, -0.05) is 30.1 Å². The molecule has 36 heavy (non-hydrogen) atoms. The number of hydrogen-bond acceptors (Lipinski definition) is 4. The van der Waals surface area contributed by atoms with Crippen LogP contribution in [0.4, 0.5) is 40.8 Å². The van der Waals surface area contributed by atoms with Crippen molar-refractivity contribution in [3.8, 4) is 6.07 Å². The van der Waals surface area contributed by atoms with Crippen molar-refractivity contribution in [2.24, 2.45) is 7.05 Å². The summed E-state index contributed by atoms with van der Waals surface area (Å²) in [6.45, 7) is 1.47. The van der Waals surface area contributed by atoms with Gasteiger partial charge in [0.1, 0.15) is 17.3 Å². The summed E-state index contributed by atoms with van der Waals surface area (Å²) in [6.07, 6.45) is -12.3. The summed E-state index contributed by atoms with van der Waals surface area (Å²) in [5, 5.41) is 15.5. The Bertz CT molecular complexity index is 1240. The fourth-order valence-electron chi connectivity index (χ4n) is 2.82. The number of carbonyl (C=O) groups excluding carboxylic acids is 2. The smallest absolute Gasteiger partial charge is 0.321 e. The first-order valence-electron chi connectivity index (χ1n) is 9.41. The number of halogens is 10. The summed E-state index contributed by atoms with van der Waals surface area (Å²) in [6, 6.07) is 4.52. The molecule has 2 rings (SSSR count). The lowest BCUT2D eigenvalue weighted by molar-refractivity contribution is -0.292. The van der Waals surface area contributed by atoms with Gasteiger partial charge in [-0.05, 0) is 24.6 Å². The minimum Gasteiger partial charge on any atom is -0.321 e. The molecule has 0 aliphatic rings. The third-order valence-corrected chi connectivity index (χ3v) is 5.42. The van der Waals surface area contributed by atoms with E-state index in [1.807, 2.05) is 5.32 Å². The largest absolute Gasteiger partial charge is 0.459 e. The summed E-state index contributed by atoms with van der Waals surface area (Å²) >= 11 is 11.8. The lowest BCUT2D eigenvalue weighted by Gasteiger charge is -2.20. The van der Waals surface area contributed by atoms with Gasteiger partial charge in [-0.25, -0.2) is 0 Å². The molecule has 2 aromatic rings. The van der Waals surface area contributed by atoms with Crippen LogP contribution in [0.25, 0.3) is 0 Å². The van der Waals surface area contributed by atoms with E-state index in [-0.39, 0.29) is 16.1 Å². The number of nitrogens with zero attached hydrogens (tertiary/aromatic N) is 3. The topological polar surface area (TPSA) is 99.8 Å². The summed E-state index contributed by atoms with van der Waals surface area (Å²) in [4.78, 5) is 23.2. The Morgan fingerprint density at radius 2 is 1.69 bits per heavy atom. The van der Waals surface area contributed by atoms with Gasteiger partial charge >= 0.3 is 18.3 Å². The van der Waals surface area contributed by atoms with Crippen molar-refractivity contribution in [1.82, 2.24) is 15.1 Å². The maximum absolute atomic E-state index is 13.8. The number of alkyl halides is 9. The molecule has 0 spiro atoms. The molecule has 1 unspecified atom stereocenters. The highest BCUT2D eigenvalue weighted by atomic mass is 35.5. The molecule has 2 amide bonds. The molecule has 0 saturated carbocycles. The Kier molecular flexibility index (Phi) is 7.87. The fraction of sp³-hybridized carbons (Fsp3) is 0.368. The molecule has 1 aromatic carbocycles. The molecule has 0 saturated heterocycles. The van der Waals surface area contributed by atoms with Crippen LogP contribution in [0.1, 0.15) is 45.4 Å². The number of carbonyl (C=O) groups is 2. The molecular weight excluding hydrogens is 553 g/mol. The third-order valence-electron chi connectivity index (χ3n) is 4.64. The number of rotatable bonds is 6. The molecule has 0 radical (unpaired) electrons. The van der Waals surface area contributed by atoms with Gasteiger partial charge in [-0.3, -0.25) is 14.3 Å². The van der Waals surface area contributed by atoms with Gasteiger partial charge in [0.2, 0.25) is 5.00 Å². The van der Waals surface area contributed by atoms with Crippen LogP contribution in [0.5, 0.6) is 0 Å². The van der Waals surface area contributed by atoms with E-state index in [4.69, 9.17) is 28.5 Å². The molecule has 196 valence electrons. The lowest BCUT2D eigenvalue weighted by atomic mass is 10.1. The zero-order chi connectivity index (χ0) is 27.9. The highest BCUT2D eigenvalue weighted by molar-refractivity contribution is 6.34. The third kappa shape index (κ3) is 5.65. The van der Waals surface area contributed by atoms with Crippen molar-refractivity contribution in [2.45, 2.75) is 36.6 Å². The Hall–Kier alpha value is -3.12. The van der Waals surface area contributed by atoms with Crippen LogP contribution in [0.2, 0.25) is 5.02 Å². The molecule has 0 aliphatic carbocycles. The quantitative estimate of drug-likeness (QED) is 0.270. The van der Waals surface area contributed by atoms with E-state index >= 15 is 0 Å². The van der Waals surface area contributed by atoms with E-state index < -0.39 is 63.3 Å². The average molecular weight is 566 g/mol. The van der Waals surface area contributed by atoms with Crippen molar-refractivity contribution >= 4 is 40.7 Å². The van der Waals surface area contributed by atoms with Gasteiger partial charge in [0, 0.05) is 12.7 Å². The molecule has 2 N–H and O–H groups in total. The van der Waals surface area contributed by atoms with Gasteiger partial charge in [-0.15, -0.1) is 0 Å². The summed E-state index contributed by atoms with van der Waals surface area (Å²) in [7, 11) is 0.563. The molecule has 0 aliphatic heterocycles. The molecule has 1 heterocycles. The van der Waals surface area contributed by atoms with Gasteiger partial charge in [0.05, 0.1) is 10.6 Å².